The monoisotopic (exact) mass is 384 g/mol. The van der Waals surface area contributed by atoms with Crippen LogP contribution in [0.4, 0.5) is 5.95 Å². The van der Waals surface area contributed by atoms with Gasteiger partial charge in [-0.2, -0.15) is 5.26 Å². The number of ether oxygens (including phenoxy) is 1. The minimum atomic E-state index is 0.334. The Morgan fingerprint density at radius 1 is 1.19 bits per heavy atom. The van der Waals surface area contributed by atoms with E-state index in [1.807, 2.05) is 6.07 Å². The van der Waals surface area contributed by atoms with Crippen LogP contribution in [-0.2, 0) is 0 Å². The normalized spacial score (nSPS) is 22.3. The van der Waals surface area contributed by atoms with Crippen molar-refractivity contribution in [2.75, 3.05) is 24.6 Å². The van der Waals surface area contributed by atoms with E-state index in [0.29, 0.717) is 23.2 Å². The van der Waals surface area contributed by atoms with Crippen molar-refractivity contribution in [1.82, 2.24) is 19.9 Å². The third kappa shape index (κ3) is 4.45. The number of hydrogen-bond acceptors (Lipinski definition) is 7. The highest BCUT2D eigenvalue weighted by Gasteiger charge is 2.43. The Hall–Kier alpha value is -2.46. The van der Waals surface area contributed by atoms with Crippen molar-refractivity contribution in [3.8, 4) is 11.9 Å². The molecule has 1 aliphatic heterocycles. The maximum Gasteiger partial charge on any atom is 0.225 e. The smallest absolute Gasteiger partial charge is 0.225 e. The first-order valence-electron chi connectivity index (χ1n) is 9.30. The van der Waals surface area contributed by atoms with E-state index in [1.165, 1.54) is 25.6 Å². The molecule has 3 heterocycles. The average molecular weight is 385 g/mol. The number of anilines is 1. The third-order valence-corrected chi connectivity index (χ3v) is 5.70. The minimum absolute atomic E-state index is 0.334. The Morgan fingerprint density at radius 2 is 1.96 bits per heavy atom. The van der Waals surface area contributed by atoms with Gasteiger partial charge in [0.15, 0.2) is 0 Å². The average Bonchev–Trinajstić information content (AvgIpc) is 3.48. The van der Waals surface area contributed by atoms with Gasteiger partial charge in [0.1, 0.15) is 18.1 Å². The van der Waals surface area contributed by atoms with Gasteiger partial charge in [-0.15, -0.1) is 0 Å². The number of halogens is 1. The second-order valence-corrected chi connectivity index (χ2v) is 7.61. The van der Waals surface area contributed by atoms with Crippen LogP contribution in [0.15, 0.2) is 24.8 Å². The lowest BCUT2D eigenvalue weighted by Gasteiger charge is -2.32. The molecule has 27 heavy (non-hydrogen) atoms. The molecule has 1 aliphatic carbocycles. The number of rotatable bonds is 6. The van der Waals surface area contributed by atoms with Crippen LogP contribution in [0, 0.1) is 29.1 Å². The van der Waals surface area contributed by atoms with Crippen LogP contribution in [0.3, 0.4) is 0 Å². The maximum absolute atomic E-state index is 8.86. The van der Waals surface area contributed by atoms with Gasteiger partial charge < -0.3 is 9.64 Å². The summed E-state index contributed by atoms with van der Waals surface area (Å²) in [5.41, 5.74) is 0.334. The summed E-state index contributed by atoms with van der Waals surface area (Å²) in [5, 5.41) is 9.43. The lowest BCUT2D eigenvalue weighted by atomic mass is 9.90. The first kappa shape index (κ1) is 17.9. The first-order valence-corrected chi connectivity index (χ1v) is 9.68. The summed E-state index contributed by atoms with van der Waals surface area (Å²) in [6.45, 7) is 2.65. The molecule has 2 unspecified atom stereocenters. The van der Waals surface area contributed by atoms with Crippen LogP contribution in [0.5, 0.6) is 5.88 Å². The molecule has 1 saturated carbocycles. The largest absolute Gasteiger partial charge is 0.478 e. The van der Waals surface area contributed by atoms with Gasteiger partial charge >= 0.3 is 0 Å². The van der Waals surface area contributed by atoms with Gasteiger partial charge in [-0.25, -0.2) is 19.9 Å². The Labute approximate surface area is 163 Å². The van der Waals surface area contributed by atoms with Crippen LogP contribution in [0.2, 0.25) is 5.02 Å². The quantitative estimate of drug-likeness (QED) is 0.755. The Bertz CT molecular complexity index is 816. The topological polar surface area (TPSA) is 87.8 Å². The molecule has 140 valence electrons. The zero-order chi connectivity index (χ0) is 18.6. The number of nitrogens with zero attached hydrogens (tertiary/aromatic N) is 6. The molecule has 1 saturated heterocycles. The fourth-order valence-corrected chi connectivity index (χ4v) is 4.07. The summed E-state index contributed by atoms with van der Waals surface area (Å²) in [4.78, 5) is 18.8. The maximum atomic E-state index is 8.86. The number of aromatic nitrogens is 4. The van der Waals surface area contributed by atoms with Crippen LogP contribution >= 0.6 is 11.6 Å². The second kappa shape index (κ2) is 8.05. The molecule has 0 radical (unpaired) electrons. The lowest BCUT2D eigenvalue weighted by Crippen LogP contribution is -2.35. The predicted molar refractivity (Wildman–Crippen MR) is 100 cm³/mol. The van der Waals surface area contributed by atoms with E-state index < -0.39 is 0 Å². The molecule has 0 bridgehead atoms. The van der Waals surface area contributed by atoms with E-state index in [1.54, 1.807) is 18.5 Å². The summed E-state index contributed by atoms with van der Waals surface area (Å²) in [6.07, 6.45) is 9.38. The van der Waals surface area contributed by atoms with Gasteiger partial charge in [0, 0.05) is 19.2 Å². The van der Waals surface area contributed by atoms with Crippen LogP contribution in [0.25, 0.3) is 0 Å². The van der Waals surface area contributed by atoms with Crippen molar-refractivity contribution in [2.24, 2.45) is 17.8 Å². The van der Waals surface area contributed by atoms with Crippen molar-refractivity contribution < 1.29 is 4.74 Å². The Balaban J connectivity index is 1.19. The Kier molecular flexibility index (Phi) is 5.35. The highest BCUT2D eigenvalue weighted by Crippen LogP contribution is 2.49. The molecule has 7 nitrogen and oxygen atoms in total. The van der Waals surface area contributed by atoms with Gasteiger partial charge in [0.05, 0.1) is 24.0 Å². The van der Waals surface area contributed by atoms with Crippen LogP contribution < -0.4 is 9.64 Å². The summed E-state index contributed by atoms with van der Waals surface area (Å²) >= 11 is 5.86. The molecule has 4 rings (SSSR count). The van der Waals surface area contributed by atoms with Crippen molar-refractivity contribution >= 4 is 17.5 Å². The molecular formula is C19H21ClN6O. The molecule has 2 aromatic heterocycles. The molecule has 2 atom stereocenters. The fraction of sp³-hybridized carbons (Fsp3) is 0.526. The zero-order valence-electron chi connectivity index (χ0n) is 15.0. The van der Waals surface area contributed by atoms with E-state index in [4.69, 9.17) is 21.6 Å². The zero-order valence-corrected chi connectivity index (χ0v) is 15.7. The highest BCUT2D eigenvalue weighted by atomic mass is 35.5. The van der Waals surface area contributed by atoms with Gasteiger partial charge in [0.2, 0.25) is 11.8 Å². The minimum Gasteiger partial charge on any atom is -0.478 e. The number of hydrogen-bond donors (Lipinski definition) is 0. The van der Waals surface area contributed by atoms with Crippen molar-refractivity contribution in [3.63, 3.8) is 0 Å². The molecule has 2 aliphatic rings. The van der Waals surface area contributed by atoms with E-state index in [9.17, 15) is 0 Å². The molecule has 0 N–H and O–H groups in total. The lowest BCUT2D eigenvalue weighted by molar-refractivity contribution is 0.275. The van der Waals surface area contributed by atoms with Gasteiger partial charge in [-0.05, 0) is 43.4 Å². The highest BCUT2D eigenvalue weighted by molar-refractivity contribution is 6.30. The number of piperidine rings is 1. The summed E-state index contributed by atoms with van der Waals surface area (Å²) in [5.74, 6) is 3.59. The molecule has 0 aromatic carbocycles. The third-order valence-electron chi connectivity index (χ3n) is 5.51. The van der Waals surface area contributed by atoms with E-state index in [-0.39, 0.29) is 0 Å². The second-order valence-electron chi connectivity index (χ2n) is 7.18. The van der Waals surface area contributed by atoms with E-state index >= 15 is 0 Å². The first-order chi connectivity index (χ1) is 13.2. The SMILES string of the molecule is N#Cc1cc(OCCC2CC2C2CCN(c3ncc(Cl)cn3)CC2)ncn1. The van der Waals surface area contributed by atoms with Crippen LogP contribution in [0.1, 0.15) is 31.4 Å². The van der Waals surface area contributed by atoms with Crippen molar-refractivity contribution in [2.45, 2.75) is 25.7 Å². The van der Waals surface area contributed by atoms with Crippen molar-refractivity contribution in [3.05, 3.63) is 35.5 Å². The molecule has 0 spiro atoms. The molecule has 8 heteroatoms. The van der Waals surface area contributed by atoms with Gasteiger partial charge in [0.25, 0.3) is 0 Å². The van der Waals surface area contributed by atoms with Crippen molar-refractivity contribution in [1.29, 1.82) is 5.26 Å². The Morgan fingerprint density at radius 3 is 2.70 bits per heavy atom. The predicted octanol–water partition coefficient (Wildman–Crippen LogP) is 3.11. The molecule has 0 amide bonds. The summed E-state index contributed by atoms with van der Waals surface area (Å²) in [6, 6.07) is 3.58. The number of nitriles is 1. The van der Waals surface area contributed by atoms with Crippen LogP contribution in [-0.4, -0.2) is 39.6 Å². The van der Waals surface area contributed by atoms with E-state index in [0.717, 1.165) is 43.2 Å². The molecule has 2 fully saturated rings. The molecular weight excluding hydrogens is 364 g/mol. The fourth-order valence-electron chi connectivity index (χ4n) is 3.97. The summed E-state index contributed by atoms with van der Waals surface area (Å²) in [7, 11) is 0. The summed E-state index contributed by atoms with van der Waals surface area (Å²) < 4.78 is 5.68. The standard InChI is InChI=1S/C19H21ClN6O/c20-15-10-22-19(23-11-15)26-4-1-13(2-5-26)17-7-14(17)3-6-27-18-8-16(9-21)24-12-25-18/h8,10-14,17H,1-7H2. The van der Waals surface area contributed by atoms with Gasteiger partial charge in [-0.3, -0.25) is 0 Å². The van der Waals surface area contributed by atoms with E-state index in [2.05, 4.69) is 24.8 Å². The molecule has 2 aromatic rings. The van der Waals surface area contributed by atoms with Gasteiger partial charge in [-0.1, -0.05) is 11.6 Å².